The van der Waals surface area contributed by atoms with Crippen LogP contribution in [-0.2, 0) is 0 Å². The Morgan fingerprint density at radius 3 is 2.57 bits per heavy atom. The van der Waals surface area contributed by atoms with Gasteiger partial charge in [0, 0.05) is 59.7 Å². The number of rotatable bonds is 5. The molecule has 3 rings (SSSR count). The number of hydrogen-bond donors (Lipinski definition) is 1. The van der Waals surface area contributed by atoms with Crippen LogP contribution in [0, 0.1) is 0 Å². The molecule has 1 aliphatic rings. The third kappa shape index (κ3) is 4.71. The first-order valence-electron chi connectivity index (χ1n) is 9.76. The van der Waals surface area contributed by atoms with E-state index in [-0.39, 0.29) is 5.91 Å². The summed E-state index contributed by atoms with van der Waals surface area (Å²) in [5.74, 6) is 1.01. The van der Waals surface area contributed by atoms with Crippen molar-refractivity contribution in [3.63, 3.8) is 0 Å². The fraction of sp³-hybridized carbons (Fsp3) is 0.476. The molecule has 150 valence electrons. The molecule has 2 aromatic rings. The van der Waals surface area contributed by atoms with Crippen molar-refractivity contribution in [2.75, 3.05) is 56.4 Å². The summed E-state index contributed by atoms with van der Waals surface area (Å²) in [5.41, 5.74) is 2.60. The SMILES string of the molecule is CN(C)c1ccc(N[C@H]2CCCN(C(=O)c3cnccc3N(C)C)CC2)cn1. The Morgan fingerprint density at radius 1 is 1.07 bits per heavy atom. The normalized spacial score (nSPS) is 17.0. The molecule has 1 N–H and O–H groups in total. The Hall–Kier alpha value is -2.83. The van der Waals surface area contributed by atoms with Crippen molar-refractivity contribution in [1.82, 2.24) is 14.9 Å². The number of nitrogens with one attached hydrogen (secondary N) is 1. The Balaban J connectivity index is 1.62. The second-order valence-corrected chi connectivity index (χ2v) is 7.65. The maximum Gasteiger partial charge on any atom is 0.257 e. The van der Waals surface area contributed by atoms with Gasteiger partial charge in [0.2, 0.25) is 0 Å². The number of pyridine rings is 2. The zero-order valence-electron chi connectivity index (χ0n) is 17.2. The van der Waals surface area contributed by atoms with E-state index in [0.717, 1.165) is 49.5 Å². The number of aromatic nitrogens is 2. The van der Waals surface area contributed by atoms with Gasteiger partial charge < -0.3 is 20.0 Å². The highest BCUT2D eigenvalue weighted by molar-refractivity contribution is 5.99. The van der Waals surface area contributed by atoms with Gasteiger partial charge in [-0.15, -0.1) is 0 Å². The first kappa shape index (κ1) is 19.9. The summed E-state index contributed by atoms with van der Waals surface area (Å²) < 4.78 is 0. The lowest BCUT2D eigenvalue weighted by molar-refractivity contribution is 0.0761. The van der Waals surface area contributed by atoms with Gasteiger partial charge in [0.15, 0.2) is 0 Å². The molecule has 1 amide bonds. The molecule has 0 bridgehead atoms. The zero-order chi connectivity index (χ0) is 20.1. The molecule has 0 aliphatic carbocycles. The van der Waals surface area contributed by atoms with E-state index >= 15 is 0 Å². The topological polar surface area (TPSA) is 64.6 Å². The largest absolute Gasteiger partial charge is 0.381 e. The van der Waals surface area contributed by atoms with Gasteiger partial charge in [-0.2, -0.15) is 0 Å². The van der Waals surface area contributed by atoms with Crippen molar-refractivity contribution >= 4 is 23.1 Å². The van der Waals surface area contributed by atoms with E-state index in [2.05, 4.69) is 21.4 Å². The second-order valence-electron chi connectivity index (χ2n) is 7.65. The fourth-order valence-corrected chi connectivity index (χ4v) is 3.53. The Morgan fingerprint density at radius 2 is 1.89 bits per heavy atom. The smallest absolute Gasteiger partial charge is 0.257 e. The average Bonchev–Trinajstić information content (AvgIpc) is 2.93. The van der Waals surface area contributed by atoms with Crippen LogP contribution in [0.4, 0.5) is 17.2 Å². The lowest BCUT2D eigenvalue weighted by atomic mass is 10.1. The molecule has 7 nitrogen and oxygen atoms in total. The van der Waals surface area contributed by atoms with E-state index in [1.165, 1.54) is 0 Å². The molecule has 1 saturated heterocycles. The van der Waals surface area contributed by atoms with Gasteiger partial charge in [0.05, 0.1) is 23.1 Å². The molecule has 2 aromatic heterocycles. The summed E-state index contributed by atoms with van der Waals surface area (Å²) >= 11 is 0. The third-order valence-corrected chi connectivity index (χ3v) is 5.10. The van der Waals surface area contributed by atoms with Crippen LogP contribution in [0.25, 0.3) is 0 Å². The summed E-state index contributed by atoms with van der Waals surface area (Å²) in [5, 5.41) is 3.58. The highest BCUT2D eigenvalue weighted by Crippen LogP contribution is 2.22. The minimum Gasteiger partial charge on any atom is -0.381 e. The van der Waals surface area contributed by atoms with Gasteiger partial charge in [-0.3, -0.25) is 9.78 Å². The van der Waals surface area contributed by atoms with E-state index in [0.29, 0.717) is 11.6 Å². The van der Waals surface area contributed by atoms with E-state index in [9.17, 15) is 4.79 Å². The molecule has 0 unspecified atom stereocenters. The van der Waals surface area contributed by atoms with Gasteiger partial charge in [-0.1, -0.05) is 0 Å². The molecule has 1 atom stereocenters. The molecular formula is C21H30N6O. The Labute approximate surface area is 167 Å². The van der Waals surface area contributed by atoms with Crippen molar-refractivity contribution in [2.24, 2.45) is 0 Å². The van der Waals surface area contributed by atoms with Crippen LogP contribution in [0.1, 0.15) is 29.6 Å². The van der Waals surface area contributed by atoms with Crippen molar-refractivity contribution in [2.45, 2.75) is 25.3 Å². The molecule has 1 fully saturated rings. The molecule has 7 heteroatoms. The quantitative estimate of drug-likeness (QED) is 0.858. The fourth-order valence-electron chi connectivity index (χ4n) is 3.53. The van der Waals surface area contributed by atoms with Gasteiger partial charge in [0.1, 0.15) is 5.82 Å². The number of amides is 1. The summed E-state index contributed by atoms with van der Waals surface area (Å²) in [4.78, 5) is 27.6. The van der Waals surface area contributed by atoms with E-state index in [1.807, 2.05) is 61.2 Å². The van der Waals surface area contributed by atoms with Gasteiger partial charge in [0.25, 0.3) is 5.91 Å². The molecule has 3 heterocycles. The minimum absolute atomic E-state index is 0.0643. The maximum absolute atomic E-state index is 13.1. The van der Waals surface area contributed by atoms with Crippen molar-refractivity contribution in [3.05, 3.63) is 42.4 Å². The summed E-state index contributed by atoms with van der Waals surface area (Å²) in [6.07, 6.45) is 8.21. The van der Waals surface area contributed by atoms with Gasteiger partial charge >= 0.3 is 0 Å². The van der Waals surface area contributed by atoms with Crippen LogP contribution in [0.15, 0.2) is 36.8 Å². The first-order valence-corrected chi connectivity index (χ1v) is 9.76. The number of nitrogens with zero attached hydrogens (tertiary/aromatic N) is 5. The lowest BCUT2D eigenvalue weighted by Crippen LogP contribution is -2.33. The van der Waals surface area contributed by atoms with Gasteiger partial charge in [-0.25, -0.2) is 4.98 Å². The average molecular weight is 383 g/mol. The predicted molar refractivity (Wildman–Crippen MR) is 114 cm³/mol. The molecule has 28 heavy (non-hydrogen) atoms. The summed E-state index contributed by atoms with van der Waals surface area (Å²) in [6.45, 7) is 1.51. The highest BCUT2D eigenvalue weighted by atomic mass is 16.2. The molecule has 1 aliphatic heterocycles. The minimum atomic E-state index is 0.0643. The number of carbonyl (C=O) groups excluding carboxylic acids is 1. The summed E-state index contributed by atoms with van der Waals surface area (Å²) in [7, 11) is 7.86. The Bertz CT molecular complexity index is 790. The molecule has 0 radical (unpaired) electrons. The molecule has 0 saturated carbocycles. The van der Waals surface area contributed by atoms with Crippen LogP contribution in [-0.4, -0.2) is 68.1 Å². The number of hydrogen-bond acceptors (Lipinski definition) is 6. The Kier molecular flexibility index (Phi) is 6.34. The molecular weight excluding hydrogens is 352 g/mol. The van der Waals surface area contributed by atoms with Crippen LogP contribution in [0.5, 0.6) is 0 Å². The van der Waals surface area contributed by atoms with Crippen LogP contribution in [0.2, 0.25) is 0 Å². The highest BCUT2D eigenvalue weighted by Gasteiger charge is 2.24. The van der Waals surface area contributed by atoms with E-state index < -0.39 is 0 Å². The zero-order valence-corrected chi connectivity index (χ0v) is 17.2. The van der Waals surface area contributed by atoms with Gasteiger partial charge in [-0.05, 0) is 37.5 Å². The van der Waals surface area contributed by atoms with Crippen molar-refractivity contribution in [3.8, 4) is 0 Å². The number of anilines is 3. The molecule has 0 spiro atoms. The third-order valence-electron chi connectivity index (χ3n) is 5.10. The number of likely N-dealkylation sites (tertiary alicyclic amines) is 1. The predicted octanol–water partition coefficient (Wildman–Crippen LogP) is 2.72. The van der Waals surface area contributed by atoms with Crippen molar-refractivity contribution in [1.29, 1.82) is 0 Å². The van der Waals surface area contributed by atoms with E-state index in [1.54, 1.807) is 12.4 Å². The molecule has 0 aromatic carbocycles. The first-order chi connectivity index (χ1) is 13.5. The van der Waals surface area contributed by atoms with Crippen LogP contribution < -0.4 is 15.1 Å². The standard InChI is InChI=1S/C21H30N6O/c1-25(2)19-9-11-22-15-18(19)21(28)27-12-5-6-16(10-13-27)24-17-7-8-20(23-14-17)26(3)4/h7-9,11,14-16,24H,5-6,10,12-13H2,1-4H3/t16-/m0/s1. The van der Waals surface area contributed by atoms with Crippen LogP contribution in [0.3, 0.4) is 0 Å². The monoisotopic (exact) mass is 382 g/mol. The van der Waals surface area contributed by atoms with Crippen LogP contribution >= 0.6 is 0 Å². The second kappa shape index (κ2) is 8.91. The van der Waals surface area contributed by atoms with E-state index in [4.69, 9.17) is 0 Å². The van der Waals surface area contributed by atoms with Crippen molar-refractivity contribution < 1.29 is 4.79 Å². The summed E-state index contributed by atoms with van der Waals surface area (Å²) in [6, 6.07) is 6.31. The lowest BCUT2D eigenvalue weighted by Gasteiger charge is -2.24. The maximum atomic E-state index is 13.1. The number of carbonyl (C=O) groups is 1.